The zero-order chi connectivity index (χ0) is 22.0. The van der Waals surface area contributed by atoms with Gasteiger partial charge in [-0.05, 0) is 66.0 Å². The number of aryl methyl sites for hydroxylation is 1. The third kappa shape index (κ3) is 4.43. The Kier molecular flexibility index (Phi) is 5.99. The monoisotopic (exact) mass is 412 g/mol. The summed E-state index contributed by atoms with van der Waals surface area (Å²) in [5, 5.41) is 12.5. The second-order valence-corrected chi connectivity index (χ2v) is 8.69. The molecular formula is C27H28N2O2. The van der Waals surface area contributed by atoms with Crippen molar-refractivity contribution < 1.29 is 9.90 Å². The lowest BCUT2D eigenvalue weighted by Gasteiger charge is -2.18. The molecule has 0 saturated heterocycles. The Balaban J connectivity index is 1.78. The molecule has 0 unspecified atom stereocenters. The largest absolute Gasteiger partial charge is 0.478 e. The molecule has 0 radical (unpaired) electrons. The first-order valence-electron chi connectivity index (χ1n) is 10.9. The first-order valence-corrected chi connectivity index (χ1v) is 10.9. The summed E-state index contributed by atoms with van der Waals surface area (Å²) in [7, 11) is 0. The van der Waals surface area contributed by atoms with E-state index in [4.69, 9.17) is 4.99 Å². The quantitative estimate of drug-likeness (QED) is 0.561. The molecule has 0 amide bonds. The predicted molar refractivity (Wildman–Crippen MR) is 125 cm³/mol. The van der Waals surface area contributed by atoms with Gasteiger partial charge in [0.1, 0.15) is 0 Å². The molecular weight excluding hydrogens is 384 g/mol. The maximum Gasteiger partial charge on any atom is 0.333 e. The van der Waals surface area contributed by atoms with Crippen LogP contribution in [0.25, 0.3) is 10.8 Å². The second-order valence-electron chi connectivity index (χ2n) is 8.69. The van der Waals surface area contributed by atoms with Crippen LogP contribution in [0.5, 0.6) is 0 Å². The molecule has 1 aliphatic rings. The summed E-state index contributed by atoms with van der Waals surface area (Å²) in [5.74, 6) is -0.678. The van der Waals surface area contributed by atoms with Crippen molar-refractivity contribution in [2.75, 3.05) is 0 Å². The van der Waals surface area contributed by atoms with Crippen LogP contribution in [0.15, 0.2) is 77.2 Å². The molecule has 0 aliphatic carbocycles. The van der Waals surface area contributed by atoms with Crippen molar-refractivity contribution in [2.24, 2.45) is 16.8 Å². The zero-order valence-electron chi connectivity index (χ0n) is 18.3. The van der Waals surface area contributed by atoms with Gasteiger partial charge in [0.25, 0.3) is 0 Å². The number of hydrogen-bond acceptors (Lipinski definition) is 3. The van der Waals surface area contributed by atoms with Crippen molar-refractivity contribution in [3.63, 3.8) is 0 Å². The molecule has 4 rings (SSSR count). The predicted octanol–water partition coefficient (Wildman–Crippen LogP) is 5.98. The molecule has 158 valence electrons. The van der Waals surface area contributed by atoms with Gasteiger partial charge >= 0.3 is 5.97 Å². The molecule has 4 nitrogen and oxygen atoms in total. The number of aliphatic imine (C=N–C) groups is 1. The standard InChI is InChI=1S/C27H28N2O2/c1-17(2)26-24(27(30)31)14-19(15-25(29-26)21-7-6-12-28-16-21)13-20-11-10-18(3)22-8-4-5-9-23(20)22/h4-12,16-17,19H,13-15H2,1-3H3,(H,30,31)/t19-/m1/s1. The summed E-state index contributed by atoms with van der Waals surface area (Å²) in [4.78, 5) is 21.3. The van der Waals surface area contributed by atoms with Crippen LogP contribution in [-0.2, 0) is 11.2 Å². The Labute approximate surface area is 183 Å². The number of allylic oxidation sites excluding steroid dienone is 1. The Morgan fingerprint density at radius 3 is 2.52 bits per heavy atom. The molecule has 2 aromatic carbocycles. The molecule has 1 atom stereocenters. The maximum absolute atomic E-state index is 12.2. The van der Waals surface area contributed by atoms with Crippen LogP contribution in [0.3, 0.4) is 0 Å². The van der Waals surface area contributed by atoms with Gasteiger partial charge in [0, 0.05) is 23.7 Å². The molecule has 0 spiro atoms. The van der Waals surface area contributed by atoms with Crippen LogP contribution >= 0.6 is 0 Å². The number of benzene rings is 2. The molecule has 0 saturated carbocycles. The van der Waals surface area contributed by atoms with Crippen LogP contribution in [-0.4, -0.2) is 21.8 Å². The first-order chi connectivity index (χ1) is 14.9. The number of aromatic nitrogens is 1. The number of pyridine rings is 1. The molecule has 1 aromatic heterocycles. The second kappa shape index (κ2) is 8.84. The molecule has 3 aromatic rings. The first kappa shape index (κ1) is 21.0. The van der Waals surface area contributed by atoms with E-state index in [0.29, 0.717) is 17.7 Å². The van der Waals surface area contributed by atoms with Gasteiger partial charge in [-0.25, -0.2) is 4.79 Å². The SMILES string of the molecule is Cc1ccc(C[C@H]2CC(c3cccnc3)=NC(C(C)C)=C(C(=O)O)C2)c2ccccc12. The fourth-order valence-corrected chi connectivity index (χ4v) is 4.53. The van der Waals surface area contributed by atoms with Gasteiger partial charge in [0.05, 0.1) is 11.3 Å². The number of carbonyl (C=O) groups is 1. The van der Waals surface area contributed by atoms with Crippen molar-refractivity contribution in [1.29, 1.82) is 0 Å². The van der Waals surface area contributed by atoms with E-state index in [1.54, 1.807) is 6.20 Å². The minimum atomic E-state index is -0.862. The van der Waals surface area contributed by atoms with Crippen molar-refractivity contribution in [1.82, 2.24) is 4.98 Å². The number of nitrogens with zero attached hydrogens (tertiary/aromatic N) is 2. The van der Waals surface area contributed by atoms with Crippen LogP contribution in [0.1, 0.15) is 43.4 Å². The fraction of sp³-hybridized carbons (Fsp3) is 0.296. The number of hydrogen-bond donors (Lipinski definition) is 1. The van der Waals surface area contributed by atoms with Gasteiger partial charge in [-0.15, -0.1) is 0 Å². The van der Waals surface area contributed by atoms with Gasteiger partial charge in [-0.3, -0.25) is 9.98 Å². The number of rotatable bonds is 5. The highest BCUT2D eigenvalue weighted by Gasteiger charge is 2.27. The Bertz CT molecular complexity index is 1180. The Hall–Kier alpha value is -3.27. The van der Waals surface area contributed by atoms with Gasteiger partial charge < -0.3 is 5.11 Å². The van der Waals surface area contributed by atoms with Gasteiger partial charge in [-0.1, -0.05) is 56.3 Å². The highest BCUT2D eigenvalue weighted by Crippen LogP contribution is 2.33. The third-order valence-electron chi connectivity index (χ3n) is 6.08. The summed E-state index contributed by atoms with van der Waals surface area (Å²) in [5.41, 5.74) is 5.53. The van der Waals surface area contributed by atoms with Gasteiger partial charge in [0.2, 0.25) is 0 Å². The van der Waals surface area contributed by atoms with Crippen molar-refractivity contribution >= 4 is 22.5 Å². The average molecular weight is 413 g/mol. The van der Waals surface area contributed by atoms with Crippen LogP contribution in [0.4, 0.5) is 0 Å². The third-order valence-corrected chi connectivity index (χ3v) is 6.08. The van der Waals surface area contributed by atoms with E-state index in [0.717, 1.165) is 24.1 Å². The summed E-state index contributed by atoms with van der Waals surface area (Å²) in [6.45, 7) is 6.15. The molecule has 2 heterocycles. The molecule has 0 bridgehead atoms. The average Bonchev–Trinajstić information content (AvgIpc) is 2.97. The summed E-state index contributed by atoms with van der Waals surface area (Å²) >= 11 is 0. The lowest BCUT2D eigenvalue weighted by atomic mass is 9.85. The topological polar surface area (TPSA) is 62.5 Å². The van der Waals surface area contributed by atoms with E-state index in [1.165, 1.54) is 21.9 Å². The van der Waals surface area contributed by atoms with Crippen molar-refractivity contribution in [2.45, 2.75) is 40.0 Å². The Morgan fingerprint density at radius 2 is 1.84 bits per heavy atom. The molecule has 31 heavy (non-hydrogen) atoms. The van der Waals surface area contributed by atoms with E-state index in [9.17, 15) is 9.90 Å². The van der Waals surface area contributed by atoms with Crippen LogP contribution < -0.4 is 0 Å². The van der Waals surface area contributed by atoms with Gasteiger partial charge in [-0.2, -0.15) is 0 Å². The molecule has 0 fully saturated rings. The van der Waals surface area contributed by atoms with Crippen molar-refractivity contribution in [3.8, 4) is 0 Å². The van der Waals surface area contributed by atoms with Crippen LogP contribution in [0, 0.1) is 18.8 Å². The number of aliphatic carboxylic acids is 1. The van der Waals surface area contributed by atoms with E-state index in [1.807, 2.05) is 32.2 Å². The fourth-order valence-electron chi connectivity index (χ4n) is 4.53. The van der Waals surface area contributed by atoms with E-state index in [-0.39, 0.29) is 11.8 Å². The Morgan fingerprint density at radius 1 is 1.06 bits per heavy atom. The van der Waals surface area contributed by atoms with Gasteiger partial charge in [0.15, 0.2) is 0 Å². The van der Waals surface area contributed by atoms with Crippen LogP contribution in [0.2, 0.25) is 0 Å². The lowest BCUT2D eigenvalue weighted by Crippen LogP contribution is -2.14. The summed E-state index contributed by atoms with van der Waals surface area (Å²) in [6.07, 6.45) is 5.61. The normalized spacial score (nSPS) is 17.0. The highest BCUT2D eigenvalue weighted by atomic mass is 16.4. The smallest absolute Gasteiger partial charge is 0.333 e. The maximum atomic E-state index is 12.2. The minimum Gasteiger partial charge on any atom is -0.478 e. The molecule has 1 aliphatic heterocycles. The zero-order valence-corrected chi connectivity index (χ0v) is 18.3. The minimum absolute atomic E-state index is 0.0386. The number of fused-ring (bicyclic) bond motifs is 1. The van der Waals surface area contributed by atoms with E-state index >= 15 is 0 Å². The van der Waals surface area contributed by atoms with E-state index < -0.39 is 5.97 Å². The number of carboxylic acids is 1. The number of carboxylic acid groups (broad SMARTS) is 1. The lowest BCUT2D eigenvalue weighted by molar-refractivity contribution is -0.133. The highest BCUT2D eigenvalue weighted by molar-refractivity contribution is 6.02. The summed E-state index contributed by atoms with van der Waals surface area (Å²) < 4.78 is 0. The van der Waals surface area contributed by atoms with Crippen molar-refractivity contribution in [3.05, 3.63) is 88.9 Å². The summed E-state index contributed by atoms with van der Waals surface area (Å²) in [6, 6.07) is 16.7. The molecule has 4 heteroatoms. The molecule has 1 N–H and O–H groups in total. The van der Waals surface area contributed by atoms with E-state index in [2.05, 4.69) is 48.3 Å².